The number of nitrogens with zero attached hydrogens (tertiary/aromatic N) is 6. The zero-order valence-corrected chi connectivity index (χ0v) is 22.7. The molecule has 0 bridgehead atoms. The molecule has 0 saturated carbocycles. The van der Waals surface area contributed by atoms with Gasteiger partial charge in [0.05, 0.1) is 36.4 Å². The number of fused-ring (bicyclic) bond motifs is 1. The van der Waals surface area contributed by atoms with Crippen LogP contribution < -0.4 is 15.2 Å². The van der Waals surface area contributed by atoms with Crippen LogP contribution in [0.1, 0.15) is 17.7 Å². The normalized spacial score (nSPS) is 15.1. The van der Waals surface area contributed by atoms with Crippen molar-refractivity contribution in [2.45, 2.75) is 19.5 Å². The first-order chi connectivity index (χ1) is 19.1. The maximum absolute atomic E-state index is 13.5. The number of hydrogen-bond donors (Lipinski definition) is 1. The second kappa shape index (κ2) is 11.3. The van der Waals surface area contributed by atoms with E-state index in [0.29, 0.717) is 40.8 Å². The molecule has 1 fully saturated rings. The molecule has 0 amide bonds. The lowest BCUT2D eigenvalue weighted by Crippen LogP contribution is -2.44. The van der Waals surface area contributed by atoms with E-state index in [1.165, 1.54) is 10.7 Å². The number of ether oxygens (including phenoxy) is 2. The first-order valence-corrected chi connectivity index (χ1v) is 13.1. The first kappa shape index (κ1) is 27.7. The fourth-order valence-corrected chi connectivity index (χ4v) is 4.85. The van der Waals surface area contributed by atoms with E-state index in [0.717, 1.165) is 50.8 Å². The minimum atomic E-state index is -4.63. The lowest BCUT2D eigenvalue weighted by Gasteiger charge is -2.32. The number of likely N-dealkylation sites (N-methyl/N-ethyl adjacent to an activating group) is 1. The third kappa shape index (κ3) is 5.82. The van der Waals surface area contributed by atoms with Crippen LogP contribution in [-0.2, 0) is 6.18 Å². The third-order valence-corrected chi connectivity index (χ3v) is 7.08. The van der Waals surface area contributed by atoms with Crippen LogP contribution in [0.15, 0.2) is 42.6 Å². The molecular formula is C28H32F3N7O2. The molecule has 1 aliphatic rings. The van der Waals surface area contributed by atoms with E-state index < -0.39 is 17.6 Å². The summed E-state index contributed by atoms with van der Waals surface area (Å²) in [6.07, 6.45) is -2.43. The van der Waals surface area contributed by atoms with Crippen molar-refractivity contribution < 1.29 is 22.6 Å². The standard InChI is InChI=1S/C28H32F3N7O2/c1-18-26(20-15-21(28(29,30)31)27(32)33-17-20)38-25(34-18)8-6-22(35-38)19-5-7-23(24(16-19)39-3)40-14-4-9-37-12-10-36(2)11-13-37/h5-8,15-17H,4,9-14H2,1-3H3,(H2,32,33). The number of nitrogens with two attached hydrogens (primary N) is 1. The van der Waals surface area contributed by atoms with Crippen LogP contribution in [0.2, 0.25) is 0 Å². The van der Waals surface area contributed by atoms with Gasteiger partial charge in [0.25, 0.3) is 0 Å². The van der Waals surface area contributed by atoms with Crippen LogP contribution >= 0.6 is 0 Å². The number of aromatic nitrogens is 4. The zero-order chi connectivity index (χ0) is 28.4. The van der Waals surface area contributed by atoms with Crippen molar-refractivity contribution in [1.29, 1.82) is 0 Å². The van der Waals surface area contributed by atoms with E-state index >= 15 is 0 Å². The van der Waals surface area contributed by atoms with Gasteiger partial charge in [0.15, 0.2) is 17.1 Å². The smallest absolute Gasteiger partial charge is 0.419 e. The highest BCUT2D eigenvalue weighted by Crippen LogP contribution is 2.36. The number of methoxy groups -OCH3 is 1. The summed E-state index contributed by atoms with van der Waals surface area (Å²) in [5.41, 5.74) is 7.48. The molecule has 5 rings (SSSR count). The number of alkyl halides is 3. The van der Waals surface area contributed by atoms with Gasteiger partial charge in [-0.3, -0.25) is 0 Å². The Labute approximate surface area is 230 Å². The average molecular weight is 556 g/mol. The number of aryl methyl sites for hydroxylation is 1. The number of piperazine rings is 1. The monoisotopic (exact) mass is 555 g/mol. The van der Waals surface area contributed by atoms with Crippen LogP contribution in [0.3, 0.4) is 0 Å². The zero-order valence-electron chi connectivity index (χ0n) is 22.7. The molecule has 9 nitrogen and oxygen atoms in total. The Hall–Kier alpha value is -3.90. The predicted molar refractivity (Wildman–Crippen MR) is 146 cm³/mol. The number of nitrogen functional groups attached to an aromatic ring is 1. The number of anilines is 1. The second-order valence-corrected chi connectivity index (χ2v) is 9.90. The number of halogens is 3. The fraction of sp³-hybridized carbons (Fsp3) is 0.393. The first-order valence-electron chi connectivity index (χ1n) is 13.1. The van der Waals surface area contributed by atoms with Gasteiger partial charge in [-0.05, 0) is 56.8 Å². The summed E-state index contributed by atoms with van der Waals surface area (Å²) in [5.74, 6) is 0.626. The molecule has 1 aromatic carbocycles. The van der Waals surface area contributed by atoms with E-state index in [1.807, 2.05) is 18.2 Å². The van der Waals surface area contributed by atoms with Crippen molar-refractivity contribution in [3.8, 4) is 34.0 Å². The van der Waals surface area contributed by atoms with Crippen LogP contribution in [0.5, 0.6) is 11.5 Å². The fourth-order valence-electron chi connectivity index (χ4n) is 4.85. The molecule has 0 radical (unpaired) electrons. The summed E-state index contributed by atoms with van der Waals surface area (Å²) in [6, 6.07) is 10.1. The molecule has 40 heavy (non-hydrogen) atoms. The maximum Gasteiger partial charge on any atom is 0.419 e. The van der Waals surface area contributed by atoms with E-state index in [1.54, 1.807) is 26.2 Å². The van der Waals surface area contributed by atoms with Gasteiger partial charge in [0.2, 0.25) is 0 Å². The molecule has 2 N–H and O–H groups in total. The minimum absolute atomic E-state index is 0.217. The van der Waals surface area contributed by atoms with Gasteiger partial charge in [-0.15, -0.1) is 0 Å². The van der Waals surface area contributed by atoms with E-state index in [9.17, 15) is 13.2 Å². The van der Waals surface area contributed by atoms with Gasteiger partial charge in [0.1, 0.15) is 5.82 Å². The van der Waals surface area contributed by atoms with Crippen LogP contribution in [-0.4, -0.2) is 82.9 Å². The Morgan fingerprint density at radius 2 is 1.77 bits per heavy atom. The Balaban J connectivity index is 1.37. The summed E-state index contributed by atoms with van der Waals surface area (Å²) in [6.45, 7) is 7.58. The van der Waals surface area contributed by atoms with Crippen molar-refractivity contribution in [3.05, 3.63) is 53.9 Å². The summed E-state index contributed by atoms with van der Waals surface area (Å²) >= 11 is 0. The topological polar surface area (TPSA) is 94.0 Å². The predicted octanol–water partition coefficient (Wildman–Crippen LogP) is 4.39. The molecule has 3 aromatic heterocycles. The molecule has 4 heterocycles. The SMILES string of the molecule is COc1cc(-c2ccc3nc(C)c(-c4cnc(N)c(C(F)(F)F)c4)n3n2)ccc1OCCCN1CCN(C)CC1. The highest BCUT2D eigenvalue weighted by Gasteiger charge is 2.34. The van der Waals surface area contributed by atoms with Gasteiger partial charge >= 0.3 is 6.18 Å². The Morgan fingerprint density at radius 3 is 2.50 bits per heavy atom. The minimum Gasteiger partial charge on any atom is -0.493 e. The molecule has 0 aliphatic carbocycles. The molecule has 212 valence electrons. The molecule has 0 spiro atoms. The third-order valence-electron chi connectivity index (χ3n) is 7.08. The summed E-state index contributed by atoms with van der Waals surface area (Å²) in [5, 5.41) is 4.70. The highest BCUT2D eigenvalue weighted by molar-refractivity contribution is 5.70. The van der Waals surface area contributed by atoms with Gasteiger partial charge in [0, 0.05) is 50.0 Å². The lowest BCUT2D eigenvalue weighted by atomic mass is 10.1. The maximum atomic E-state index is 13.5. The lowest BCUT2D eigenvalue weighted by molar-refractivity contribution is -0.137. The van der Waals surface area contributed by atoms with Crippen LogP contribution in [0.4, 0.5) is 19.0 Å². The number of rotatable bonds is 8. The molecule has 4 aromatic rings. The van der Waals surface area contributed by atoms with Gasteiger partial charge < -0.3 is 25.0 Å². The van der Waals surface area contributed by atoms with E-state index in [4.69, 9.17) is 20.3 Å². The largest absolute Gasteiger partial charge is 0.493 e. The van der Waals surface area contributed by atoms with Gasteiger partial charge in [-0.2, -0.15) is 18.3 Å². The highest BCUT2D eigenvalue weighted by atomic mass is 19.4. The molecule has 12 heteroatoms. The van der Waals surface area contributed by atoms with E-state index in [-0.39, 0.29) is 5.56 Å². The van der Waals surface area contributed by atoms with Crippen molar-refractivity contribution in [2.75, 3.05) is 59.2 Å². The van der Waals surface area contributed by atoms with Crippen LogP contribution in [0.25, 0.3) is 28.2 Å². The second-order valence-electron chi connectivity index (χ2n) is 9.90. The Morgan fingerprint density at radius 1 is 1.00 bits per heavy atom. The van der Waals surface area contributed by atoms with Crippen molar-refractivity contribution >= 4 is 11.5 Å². The number of benzene rings is 1. The Bertz CT molecular complexity index is 1500. The van der Waals surface area contributed by atoms with Gasteiger partial charge in [-0.25, -0.2) is 14.5 Å². The Kier molecular flexibility index (Phi) is 7.81. The number of imidazole rings is 1. The van der Waals surface area contributed by atoms with E-state index in [2.05, 4.69) is 26.8 Å². The molecular weight excluding hydrogens is 523 g/mol. The summed E-state index contributed by atoms with van der Waals surface area (Å²) in [7, 11) is 3.72. The average Bonchev–Trinajstić information content (AvgIpc) is 3.26. The van der Waals surface area contributed by atoms with Gasteiger partial charge in [-0.1, -0.05) is 0 Å². The molecule has 1 saturated heterocycles. The van der Waals surface area contributed by atoms with Crippen LogP contribution in [0, 0.1) is 6.92 Å². The molecule has 1 aliphatic heterocycles. The summed E-state index contributed by atoms with van der Waals surface area (Å²) in [4.78, 5) is 13.0. The van der Waals surface area contributed by atoms with Crippen molar-refractivity contribution in [3.63, 3.8) is 0 Å². The number of pyridine rings is 1. The molecule has 0 atom stereocenters. The quantitative estimate of drug-likeness (QED) is 0.320. The summed E-state index contributed by atoms with van der Waals surface area (Å²) < 4.78 is 53.6. The van der Waals surface area contributed by atoms with Crippen molar-refractivity contribution in [2.24, 2.45) is 0 Å². The van der Waals surface area contributed by atoms with Crippen molar-refractivity contribution in [1.82, 2.24) is 29.4 Å². The number of hydrogen-bond acceptors (Lipinski definition) is 8. The molecule has 0 unspecified atom stereocenters.